The molecule has 2 aromatic rings. The van der Waals surface area contributed by atoms with Gasteiger partial charge < -0.3 is 4.57 Å². The summed E-state index contributed by atoms with van der Waals surface area (Å²) in [5.41, 5.74) is 3.62. The first kappa shape index (κ1) is 13.0. The highest BCUT2D eigenvalue weighted by atomic mass is 35.5. The van der Waals surface area contributed by atoms with Gasteiger partial charge in [0.25, 0.3) is 0 Å². The van der Waals surface area contributed by atoms with Crippen LogP contribution in [0.4, 0.5) is 0 Å². The topological polar surface area (TPSA) is 17.8 Å². The number of hydrogen-bond donors (Lipinski definition) is 0. The molecule has 3 rings (SSSR count). The Labute approximate surface area is 119 Å². The van der Waals surface area contributed by atoms with Crippen LogP contribution < -0.4 is 0 Å². The summed E-state index contributed by atoms with van der Waals surface area (Å²) < 4.78 is 2.37. The van der Waals surface area contributed by atoms with Crippen LogP contribution in [0.25, 0.3) is 11.0 Å². The van der Waals surface area contributed by atoms with Gasteiger partial charge in [-0.25, -0.2) is 4.98 Å². The van der Waals surface area contributed by atoms with Gasteiger partial charge in [-0.3, -0.25) is 0 Å². The lowest BCUT2D eigenvalue weighted by Gasteiger charge is -2.30. The molecule has 0 amide bonds. The zero-order valence-electron chi connectivity index (χ0n) is 12.1. The molecule has 1 atom stereocenters. The van der Waals surface area contributed by atoms with Crippen molar-refractivity contribution in [3.8, 4) is 0 Å². The normalized spacial score (nSPS) is 17.9. The van der Waals surface area contributed by atoms with Crippen LogP contribution in [0, 0.1) is 12.8 Å². The minimum Gasteiger partial charge on any atom is -0.321 e. The van der Waals surface area contributed by atoms with Crippen LogP contribution in [-0.4, -0.2) is 9.55 Å². The van der Waals surface area contributed by atoms with E-state index < -0.39 is 0 Å². The molecule has 0 saturated heterocycles. The first-order valence-corrected chi connectivity index (χ1v) is 7.48. The van der Waals surface area contributed by atoms with E-state index in [1.165, 1.54) is 23.9 Å². The molecule has 1 aromatic carbocycles. The number of nitrogens with zero attached hydrogens (tertiary/aromatic N) is 2. The Kier molecular flexibility index (Phi) is 2.90. The summed E-state index contributed by atoms with van der Waals surface area (Å²) in [5.74, 6) is 1.75. The molecule has 19 heavy (non-hydrogen) atoms. The summed E-state index contributed by atoms with van der Waals surface area (Å²) in [5, 5.41) is -0.0641. The molecule has 2 nitrogen and oxygen atoms in total. The molecular formula is C16H21ClN2. The van der Waals surface area contributed by atoms with Crippen molar-refractivity contribution in [2.45, 2.75) is 51.5 Å². The summed E-state index contributed by atoms with van der Waals surface area (Å²) >= 11 is 6.37. The maximum Gasteiger partial charge on any atom is 0.128 e. The molecule has 1 aliphatic carbocycles. The Morgan fingerprint density at radius 3 is 2.63 bits per heavy atom. The zero-order valence-corrected chi connectivity index (χ0v) is 12.8. The SMILES string of the molecule is Cc1ccc2c(c1)nc(C(C)Cl)n2C(C)(C)C1CC1. The molecule has 1 unspecified atom stereocenters. The minimum absolute atomic E-state index is 0.0641. The van der Waals surface area contributed by atoms with Gasteiger partial charge in [0.2, 0.25) is 0 Å². The lowest BCUT2D eigenvalue weighted by atomic mass is 9.97. The Morgan fingerprint density at radius 1 is 1.37 bits per heavy atom. The summed E-state index contributed by atoms with van der Waals surface area (Å²) in [4.78, 5) is 4.78. The van der Waals surface area contributed by atoms with Gasteiger partial charge in [-0.1, -0.05) is 6.07 Å². The summed E-state index contributed by atoms with van der Waals surface area (Å²) in [6, 6.07) is 6.49. The van der Waals surface area contributed by atoms with Gasteiger partial charge in [0.15, 0.2) is 0 Å². The van der Waals surface area contributed by atoms with E-state index >= 15 is 0 Å². The number of halogens is 1. The number of rotatable bonds is 3. The first-order chi connectivity index (χ1) is 8.91. The van der Waals surface area contributed by atoms with Crippen molar-refractivity contribution in [3.05, 3.63) is 29.6 Å². The second-order valence-corrected chi connectivity index (χ2v) is 7.00. The van der Waals surface area contributed by atoms with Crippen molar-refractivity contribution in [1.29, 1.82) is 0 Å². The van der Waals surface area contributed by atoms with Crippen molar-refractivity contribution in [2.75, 3.05) is 0 Å². The van der Waals surface area contributed by atoms with Crippen LogP contribution in [0.3, 0.4) is 0 Å². The second-order valence-electron chi connectivity index (χ2n) is 6.34. The lowest BCUT2D eigenvalue weighted by Crippen LogP contribution is -2.30. The summed E-state index contributed by atoms with van der Waals surface area (Å²) in [6.45, 7) is 8.74. The second kappa shape index (κ2) is 4.24. The highest BCUT2D eigenvalue weighted by molar-refractivity contribution is 6.20. The Morgan fingerprint density at radius 2 is 2.05 bits per heavy atom. The highest BCUT2D eigenvalue weighted by Crippen LogP contribution is 2.46. The van der Waals surface area contributed by atoms with Crippen LogP contribution in [0.2, 0.25) is 0 Å². The number of aryl methyl sites for hydroxylation is 1. The average Bonchev–Trinajstić information content (AvgIpc) is 3.10. The van der Waals surface area contributed by atoms with Crippen LogP contribution in [0.15, 0.2) is 18.2 Å². The lowest BCUT2D eigenvalue weighted by molar-refractivity contribution is 0.304. The molecule has 1 saturated carbocycles. The van der Waals surface area contributed by atoms with E-state index in [-0.39, 0.29) is 10.9 Å². The van der Waals surface area contributed by atoms with E-state index in [2.05, 4.69) is 43.5 Å². The zero-order chi connectivity index (χ0) is 13.8. The van der Waals surface area contributed by atoms with E-state index in [9.17, 15) is 0 Å². The third-order valence-corrected chi connectivity index (χ3v) is 4.54. The van der Waals surface area contributed by atoms with Gasteiger partial charge in [0, 0.05) is 5.54 Å². The number of imidazole rings is 1. The monoisotopic (exact) mass is 276 g/mol. The number of aromatic nitrogens is 2. The molecule has 102 valence electrons. The third kappa shape index (κ3) is 2.06. The average molecular weight is 277 g/mol. The molecular weight excluding hydrogens is 256 g/mol. The third-order valence-electron chi connectivity index (χ3n) is 4.34. The molecule has 0 radical (unpaired) electrons. The summed E-state index contributed by atoms with van der Waals surface area (Å²) in [7, 11) is 0. The van der Waals surface area contributed by atoms with Gasteiger partial charge in [-0.2, -0.15) is 0 Å². The van der Waals surface area contributed by atoms with Crippen LogP contribution in [0.5, 0.6) is 0 Å². The molecule has 1 heterocycles. The molecule has 0 N–H and O–H groups in total. The fraction of sp³-hybridized carbons (Fsp3) is 0.562. The van der Waals surface area contributed by atoms with Gasteiger partial charge in [-0.15, -0.1) is 11.6 Å². The van der Waals surface area contributed by atoms with Gasteiger partial charge in [0.1, 0.15) is 5.82 Å². The van der Waals surface area contributed by atoms with Crippen molar-refractivity contribution < 1.29 is 0 Å². The Balaban J connectivity index is 2.27. The molecule has 1 aliphatic rings. The molecule has 1 fully saturated rings. The number of alkyl halides is 1. The van der Waals surface area contributed by atoms with E-state index in [1.807, 2.05) is 6.92 Å². The van der Waals surface area contributed by atoms with Crippen molar-refractivity contribution in [1.82, 2.24) is 9.55 Å². The van der Waals surface area contributed by atoms with Crippen molar-refractivity contribution in [3.63, 3.8) is 0 Å². The maximum absolute atomic E-state index is 6.37. The standard InChI is InChI=1S/C16H21ClN2/c1-10-5-8-14-13(9-10)18-15(11(2)17)19(14)16(3,4)12-6-7-12/h5,8-9,11-12H,6-7H2,1-4H3. The van der Waals surface area contributed by atoms with Gasteiger partial charge in [-0.05, 0) is 64.2 Å². The van der Waals surface area contributed by atoms with E-state index in [1.54, 1.807) is 0 Å². The van der Waals surface area contributed by atoms with Gasteiger partial charge in [0.05, 0.1) is 16.4 Å². The molecule has 0 bridgehead atoms. The number of hydrogen-bond acceptors (Lipinski definition) is 1. The maximum atomic E-state index is 6.37. The highest BCUT2D eigenvalue weighted by Gasteiger charge is 2.41. The van der Waals surface area contributed by atoms with Crippen molar-refractivity contribution in [2.24, 2.45) is 5.92 Å². The Bertz CT molecular complexity index is 621. The predicted octanol–water partition coefficient (Wildman–Crippen LogP) is 4.79. The van der Waals surface area contributed by atoms with E-state index in [0.717, 1.165) is 17.3 Å². The smallest absolute Gasteiger partial charge is 0.128 e. The van der Waals surface area contributed by atoms with E-state index in [4.69, 9.17) is 16.6 Å². The summed E-state index contributed by atoms with van der Waals surface area (Å²) in [6.07, 6.45) is 2.63. The number of fused-ring (bicyclic) bond motifs is 1. The predicted molar refractivity (Wildman–Crippen MR) is 80.8 cm³/mol. The quantitative estimate of drug-likeness (QED) is 0.737. The van der Waals surface area contributed by atoms with Crippen LogP contribution in [-0.2, 0) is 5.54 Å². The van der Waals surface area contributed by atoms with Crippen LogP contribution >= 0.6 is 11.6 Å². The first-order valence-electron chi connectivity index (χ1n) is 7.05. The largest absolute Gasteiger partial charge is 0.321 e. The number of benzene rings is 1. The van der Waals surface area contributed by atoms with Gasteiger partial charge >= 0.3 is 0 Å². The fourth-order valence-electron chi connectivity index (χ4n) is 3.05. The molecule has 0 spiro atoms. The Hall–Kier alpha value is -1.02. The fourth-order valence-corrected chi connectivity index (χ4v) is 3.20. The minimum atomic E-state index is -0.0641. The molecule has 3 heteroatoms. The molecule has 1 aromatic heterocycles. The van der Waals surface area contributed by atoms with Crippen LogP contribution in [0.1, 0.15) is 50.4 Å². The molecule has 0 aliphatic heterocycles. The van der Waals surface area contributed by atoms with E-state index in [0.29, 0.717) is 0 Å². The van der Waals surface area contributed by atoms with Crippen molar-refractivity contribution >= 4 is 22.6 Å².